The Hall–Kier alpha value is -3.10. The maximum absolute atomic E-state index is 12.2. The first-order valence-electron chi connectivity index (χ1n) is 9.80. The summed E-state index contributed by atoms with van der Waals surface area (Å²) in [5, 5.41) is 5.37. The minimum absolute atomic E-state index is 0.177. The van der Waals surface area contributed by atoms with Gasteiger partial charge in [-0.3, -0.25) is 10.6 Å². The van der Waals surface area contributed by atoms with Crippen molar-refractivity contribution in [1.29, 1.82) is 0 Å². The van der Waals surface area contributed by atoms with Crippen molar-refractivity contribution in [3.8, 4) is 0 Å². The van der Waals surface area contributed by atoms with E-state index in [1.807, 2.05) is 38.1 Å². The molecule has 30 heavy (non-hydrogen) atoms. The molecule has 0 aliphatic carbocycles. The fourth-order valence-electron chi connectivity index (χ4n) is 3.47. The topological polar surface area (TPSA) is 95.1 Å². The molecule has 2 aliphatic rings. The smallest absolute Gasteiger partial charge is 0.412 e. The van der Waals surface area contributed by atoms with Gasteiger partial charge in [-0.05, 0) is 38.1 Å². The van der Waals surface area contributed by atoms with Crippen molar-refractivity contribution in [3.63, 3.8) is 0 Å². The van der Waals surface area contributed by atoms with Gasteiger partial charge in [0.25, 0.3) is 0 Å². The van der Waals surface area contributed by atoms with Crippen LogP contribution in [0, 0.1) is 13.8 Å². The van der Waals surface area contributed by atoms with Crippen LogP contribution in [0.15, 0.2) is 48.5 Å². The van der Waals surface area contributed by atoms with Gasteiger partial charge in [0.05, 0.1) is 13.2 Å². The van der Waals surface area contributed by atoms with Crippen LogP contribution in [0.1, 0.15) is 11.1 Å². The van der Waals surface area contributed by atoms with Crippen LogP contribution in [0.4, 0.5) is 21.0 Å². The Morgan fingerprint density at radius 1 is 0.733 bits per heavy atom. The highest BCUT2D eigenvalue weighted by Gasteiger charge is 2.51. The summed E-state index contributed by atoms with van der Waals surface area (Å²) in [5.74, 6) is 0. The van der Waals surface area contributed by atoms with Gasteiger partial charge in [0.1, 0.15) is 12.2 Å². The lowest BCUT2D eigenvalue weighted by Crippen LogP contribution is -2.37. The van der Waals surface area contributed by atoms with Crippen molar-refractivity contribution >= 4 is 23.6 Å². The van der Waals surface area contributed by atoms with Crippen LogP contribution in [-0.2, 0) is 18.9 Å². The SMILES string of the molecule is Cc1ccc(NC(=O)O[C@H]2CO[C@@H]3[C@@H]2OC[C@H]3OC(=O)Nc2ccc(C)cc2)cc1. The van der Waals surface area contributed by atoms with Gasteiger partial charge in [-0.15, -0.1) is 0 Å². The van der Waals surface area contributed by atoms with Crippen molar-refractivity contribution in [3.05, 3.63) is 59.7 Å². The molecule has 8 heteroatoms. The van der Waals surface area contributed by atoms with Crippen LogP contribution in [0.25, 0.3) is 0 Å². The number of carbonyl (C=O) groups excluding carboxylic acids is 2. The number of nitrogens with one attached hydrogen (secondary N) is 2. The normalized spacial score (nSPS) is 24.7. The van der Waals surface area contributed by atoms with Crippen LogP contribution < -0.4 is 10.6 Å². The summed E-state index contributed by atoms with van der Waals surface area (Å²) in [5.41, 5.74) is 3.47. The number of benzene rings is 2. The largest absolute Gasteiger partial charge is 0.441 e. The van der Waals surface area contributed by atoms with E-state index >= 15 is 0 Å². The summed E-state index contributed by atoms with van der Waals surface area (Å²) in [4.78, 5) is 24.4. The second-order valence-electron chi connectivity index (χ2n) is 7.47. The fourth-order valence-corrected chi connectivity index (χ4v) is 3.47. The Morgan fingerprint density at radius 3 is 1.47 bits per heavy atom. The molecule has 2 aromatic rings. The lowest BCUT2D eigenvalue weighted by molar-refractivity contribution is -0.00697. The second-order valence-corrected chi connectivity index (χ2v) is 7.47. The molecule has 2 N–H and O–H groups in total. The standard InChI is InChI=1S/C22H24N2O6/c1-13-3-7-15(8-4-13)23-21(25)29-17-11-27-20-18(12-28-19(17)20)30-22(26)24-16-9-5-14(2)6-10-16/h3-10,17-20H,11-12H2,1-2H3,(H,23,25)(H,24,26)/t17-,18+,19+,20-. The maximum Gasteiger partial charge on any atom is 0.412 e. The third-order valence-corrected chi connectivity index (χ3v) is 5.08. The molecule has 2 aromatic carbocycles. The number of hydrogen-bond donors (Lipinski definition) is 2. The predicted molar refractivity (Wildman–Crippen MR) is 110 cm³/mol. The van der Waals surface area contributed by atoms with Crippen LogP contribution in [-0.4, -0.2) is 49.8 Å². The predicted octanol–water partition coefficient (Wildman–Crippen LogP) is 3.64. The monoisotopic (exact) mass is 412 g/mol. The number of amides is 2. The van der Waals surface area contributed by atoms with Crippen molar-refractivity contribution in [2.45, 2.75) is 38.3 Å². The number of anilines is 2. The molecule has 4 rings (SSSR count). The van der Waals surface area contributed by atoms with E-state index in [-0.39, 0.29) is 13.2 Å². The average Bonchev–Trinajstić information content (AvgIpc) is 3.29. The van der Waals surface area contributed by atoms with Crippen molar-refractivity contribution in [2.24, 2.45) is 0 Å². The van der Waals surface area contributed by atoms with Gasteiger partial charge in [-0.25, -0.2) is 9.59 Å². The first kappa shape index (κ1) is 20.2. The Morgan fingerprint density at radius 2 is 1.10 bits per heavy atom. The summed E-state index contributed by atoms with van der Waals surface area (Å²) in [6, 6.07) is 14.8. The summed E-state index contributed by atoms with van der Waals surface area (Å²) in [6.07, 6.45) is -3.28. The van der Waals surface area contributed by atoms with Gasteiger partial charge in [0.15, 0.2) is 12.2 Å². The zero-order valence-corrected chi connectivity index (χ0v) is 16.8. The number of rotatable bonds is 4. The van der Waals surface area contributed by atoms with Gasteiger partial charge in [0, 0.05) is 11.4 Å². The summed E-state index contributed by atoms with van der Waals surface area (Å²) in [6.45, 7) is 4.29. The minimum Gasteiger partial charge on any atom is -0.441 e. The molecule has 2 saturated heterocycles. The van der Waals surface area contributed by atoms with Crippen LogP contribution in [0.3, 0.4) is 0 Å². The maximum atomic E-state index is 12.2. The van der Waals surface area contributed by atoms with E-state index < -0.39 is 36.6 Å². The number of ether oxygens (including phenoxy) is 4. The van der Waals surface area contributed by atoms with Crippen LogP contribution in [0.5, 0.6) is 0 Å². The molecule has 0 bridgehead atoms. The highest BCUT2D eigenvalue weighted by molar-refractivity contribution is 5.85. The number of fused-ring (bicyclic) bond motifs is 1. The Labute approximate surface area is 174 Å². The van der Waals surface area contributed by atoms with Gasteiger partial charge < -0.3 is 18.9 Å². The third kappa shape index (κ3) is 4.72. The van der Waals surface area contributed by atoms with E-state index in [2.05, 4.69) is 10.6 Å². The quantitative estimate of drug-likeness (QED) is 0.796. The molecule has 4 atom stereocenters. The summed E-state index contributed by atoms with van der Waals surface area (Å²) >= 11 is 0. The van der Waals surface area contributed by atoms with E-state index in [9.17, 15) is 9.59 Å². The number of hydrogen-bond acceptors (Lipinski definition) is 6. The molecule has 2 aliphatic heterocycles. The van der Waals surface area contributed by atoms with E-state index in [1.54, 1.807) is 24.3 Å². The van der Waals surface area contributed by atoms with E-state index in [0.29, 0.717) is 11.4 Å². The highest BCUT2D eigenvalue weighted by Crippen LogP contribution is 2.31. The third-order valence-electron chi connectivity index (χ3n) is 5.08. The zero-order chi connectivity index (χ0) is 21.1. The number of aryl methyl sites for hydroxylation is 2. The molecule has 0 aromatic heterocycles. The zero-order valence-electron chi connectivity index (χ0n) is 16.8. The Bertz CT molecular complexity index is 823. The van der Waals surface area contributed by atoms with Gasteiger partial charge in [0.2, 0.25) is 0 Å². The molecule has 2 heterocycles. The van der Waals surface area contributed by atoms with Crippen LogP contribution in [0.2, 0.25) is 0 Å². The second kappa shape index (κ2) is 8.73. The van der Waals surface area contributed by atoms with Crippen molar-refractivity contribution in [2.75, 3.05) is 23.8 Å². The minimum atomic E-state index is -0.585. The lowest BCUT2D eigenvalue weighted by atomic mass is 10.1. The Balaban J connectivity index is 1.27. The average molecular weight is 412 g/mol. The molecule has 0 spiro atoms. The number of carbonyl (C=O) groups is 2. The van der Waals surface area contributed by atoms with Gasteiger partial charge >= 0.3 is 12.2 Å². The molecular weight excluding hydrogens is 388 g/mol. The molecule has 8 nitrogen and oxygen atoms in total. The van der Waals surface area contributed by atoms with Crippen molar-refractivity contribution in [1.82, 2.24) is 0 Å². The molecule has 158 valence electrons. The Kier molecular flexibility index (Phi) is 5.87. The molecule has 2 amide bonds. The first-order chi connectivity index (χ1) is 14.5. The fraction of sp³-hybridized carbons (Fsp3) is 0.364. The molecule has 0 radical (unpaired) electrons. The summed E-state index contributed by atoms with van der Waals surface area (Å²) < 4.78 is 22.3. The molecular formula is C22H24N2O6. The molecule has 0 unspecified atom stereocenters. The first-order valence-corrected chi connectivity index (χ1v) is 9.80. The summed E-state index contributed by atoms with van der Waals surface area (Å²) in [7, 11) is 0. The van der Waals surface area contributed by atoms with E-state index in [4.69, 9.17) is 18.9 Å². The van der Waals surface area contributed by atoms with Gasteiger partial charge in [-0.1, -0.05) is 35.4 Å². The lowest BCUT2D eigenvalue weighted by Gasteiger charge is -2.17. The highest BCUT2D eigenvalue weighted by atomic mass is 16.7. The van der Waals surface area contributed by atoms with Gasteiger partial charge in [-0.2, -0.15) is 0 Å². The molecule has 2 fully saturated rings. The van der Waals surface area contributed by atoms with Crippen LogP contribution >= 0.6 is 0 Å². The van der Waals surface area contributed by atoms with Crippen molar-refractivity contribution < 1.29 is 28.5 Å². The molecule has 0 saturated carbocycles. The van der Waals surface area contributed by atoms with E-state index in [1.165, 1.54) is 0 Å². The van der Waals surface area contributed by atoms with E-state index in [0.717, 1.165) is 11.1 Å².